The molecule has 1 aliphatic rings. The molecule has 0 radical (unpaired) electrons. The van der Waals surface area contributed by atoms with Crippen LogP contribution in [0, 0.1) is 6.92 Å². The Morgan fingerprint density at radius 2 is 2.16 bits per heavy atom. The first-order chi connectivity index (χ1) is 9.04. The average molecular weight is 296 g/mol. The summed E-state index contributed by atoms with van der Waals surface area (Å²) in [4.78, 5) is 9.32. The third-order valence-corrected chi connectivity index (χ3v) is 5.40. The third-order valence-electron chi connectivity index (χ3n) is 3.80. The number of aromatic nitrogens is 3. The Balaban J connectivity index is 2.13. The van der Waals surface area contributed by atoms with Crippen LogP contribution in [0.3, 0.4) is 0 Å². The van der Waals surface area contributed by atoms with Gasteiger partial charge in [0.2, 0.25) is 0 Å². The van der Waals surface area contributed by atoms with Gasteiger partial charge in [0.1, 0.15) is 11.3 Å². The van der Waals surface area contributed by atoms with Crippen molar-refractivity contribution >= 4 is 34.5 Å². The largest absolute Gasteiger partial charge is 0.310 e. The normalized spacial score (nSPS) is 18.7. The number of hydrogen-bond acceptors (Lipinski definition) is 3. The van der Waals surface area contributed by atoms with Crippen LogP contribution in [0.2, 0.25) is 0 Å². The molecule has 2 heterocycles. The van der Waals surface area contributed by atoms with Gasteiger partial charge in [-0.3, -0.25) is 0 Å². The Bertz CT molecular complexity index is 616. The molecule has 3 rings (SSSR count). The van der Waals surface area contributed by atoms with Crippen LogP contribution in [0.4, 0.5) is 0 Å². The molecule has 1 saturated carbocycles. The van der Waals surface area contributed by atoms with Gasteiger partial charge in [0.05, 0.1) is 5.38 Å². The van der Waals surface area contributed by atoms with E-state index in [4.69, 9.17) is 11.6 Å². The number of imidazole rings is 1. The number of thioether (sulfide) groups is 1. The maximum atomic E-state index is 6.29. The lowest BCUT2D eigenvalue weighted by Gasteiger charge is -2.16. The van der Waals surface area contributed by atoms with Crippen LogP contribution < -0.4 is 0 Å². The third kappa shape index (κ3) is 2.36. The van der Waals surface area contributed by atoms with Crippen molar-refractivity contribution in [3.05, 3.63) is 23.7 Å². The molecule has 3 nitrogen and oxygen atoms in total. The minimum atomic E-state index is -0.0906. The summed E-state index contributed by atoms with van der Waals surface area (Å²) in [5.74, 6) is 0.940. The van der Waals surface area contributed by atoms with E-state index in [2.05, 4.69) is 20.8 Å². The number of rotatable bonds is 4. The molecule has 0 bridgehead atoms. The minimum absolute atomic E-state index is 0.0906. The van der Waals surface area contributed by atoms with Crippen LogP contribution in [-0.4, -0.2) is 25.5 Å². The fourth-order valence-corrected chi connectivity index (χ4v) is 3.36. The molecule has 2 aromatic heterocycles. The molecule has 19 heavy (non-hydrogen) atoms. The monoisotopic (exact) mass is 295 g/mol. The summed E-state index contributed by atoms with van der Waals surface area (Å²) in [5.41, 5.74) is 2.95. The molecule has 0 N–H and O–H groups in total. The number of fused-ring (bicyclic) bond motifs is 1. The van der Waals surface area contributed by atoms with Crippen molar-refractivity contribution in [3.8, 4) is 0 Å². The van der Waals surface area contributed by atoms with Crippen molar-refractivity contribution in [2.45, 2.75) is 43.4 Å². The van der Waals surface area contributed by atoms with E-state index in [0.717, 1.165) is 29.2 Å². The van der Waals surface area contributed by atoms with Gasteiger partial charge in [-0.1, -0.05) is 0 Å². The topological polar surface area (TPSA) is 30.7 Å². The molecule has 0 amide bonds. The predicted octanol–water partition coefficient (Wildman–Crippen LogP) is 3.94. The fraction of sp³-hybridized carbons (Fsp3) is 0.571. The Hall–Kier alpha value is -0.740. The van der Waals surface area contributed by atoms with Gasteiger partial charge in [-0.2, -0.15) is 11.8 Å². The standard InChI is InChI=1S/C14H18ClN3S/c1-9-4-5-11-13(16-9)18(12(17-11)10(2)15)8-14(19-3)6-7-14/h4-5,10H,6-8H2,1-3H3. The Labute approximate surface area is 122 Å². The lowest BCUT2D eigenvalue weighted by atomic mass is 10.3. The van der Waals surface area contributed by atoms with Crippen molar-refractivity contribution in [3.63, 3.8) is 0 Å². The zero-order valence-electron chi connectivity index (χ0n) is 11.5. The smallest absolute Gasteiger partial charge is 0.160 e. The van der Waals surface area contributed by atoms with Crippen LogP contribution in [0.5, 0.6) is 0 Å². The lowest BCUT2D eigenvalue weighted by Crippen LogP contribution is -2.16. The number of pyridine rings is 1. The Morgan fingerprint density at radius 1 is 1.42 bits per heavy atom. The second-order valence-corrected chi connectivity index (χ2v) is 7.28. The van der Waals surface area contributed by atoms with Crippen LogP contribution in [0.1, 0.15) is 36.7 Å². The molecule has 0 spiro atoms. The summed E-state index contributed by atoms with van der Waals surface area (Å²) in [7, 11) is 0. The van der Waals surface area contributed by atoms with Gasteiger partial charge in [-0.25, -0.2) is 9.97 Å². The molecule has 1 aliphatic carbocycles. The molecule has 1 fully saturated rings. The highest BCUT2D eigenvalue weighted by molar-refractivity contribution is 8.00. The van der Waals surface area contributed by atoms with Gasteiger partial charge in [0.15, 0.2) is 5.65 Å². The van der Waals surface area contributed by atoms with Crippen LogP contribution in [-0.2, 0) is 6.54 Å². The van der Waals surface area contributed by atoms with E-state index >= 15 is 0 Å². The van der Waals surface area contributed by atoms with E-state index < -0.39 is 0 Å². The summed E-state index contributed by atoms with van der Waals surface area (Å²) < 4.78 is 2.60. The number of nitrogens with zero attached hydrogens (tertiary/aromatic N) is 3. The van der Waals surface area contributed by atoms with Crippen molar-refractivity contribution in [1.29, 1.82) is 0 Å². The molecule has 0 saturated heterocycles. The zero-order chi connectivity index (χ0) is 13.6. The molecule has 102 valence electrons. The maximum Gasteiger partial charge on any atom is 0.160 e. The zero-order valence-corrected chi connectivity index (χ0v) is 13.1. The number of halogens is 1. The van der Waals surface area contributed by atoms with Crippen molar-refractivity contribution in [1.82, 2.24) is 14.5 Å². The summed E-state index contributed by atoms with van der Waals surface area (Å²) in [6, 6.07) is 4.04. The number of aryl methyl sites for hydroxylation is 1. The van der Waals surface area contributed by atoms with E-state index in [1.165, 1.54) is 12.8 Å². The van der Waals surface area contributed by atoms with Crippen LogP contribution in [0.15, 0.2) is 12.1 Å². The van der Waals surface area contributed by atoms with E-state index in [0.29, 0.717) is 4.75 Å². The van der Waals surface area contributed by atoms with E-state index in [9.17, 15) is 0 Å². The van der Waals surface area contributed by atoms with E-state index in [-0.39, 0.29) is 5.38 Å². The van der Waals surface area contributed by atoms with Crippen molar-refractivity contribution in [2.75, 3.05) is 6.26 Å². The highest BCUT2D eigenvalue weighted by Crippen LogP contribution is 2.49. The molecule has 2 aromatic rings. The fourth-order valence-electron chi connectivity index (χ4n) is 2.43. The second kappa shape index (κ2) is 4.67. The SMILES string of the molecule is CSC1(Cn2c(C(C)Cl)nc3ccc(C)nc32)CC1. The lowest BCUT2D eigenvalue weighted by molar-refractivity contribution is 0.634. The van der Waals surface area contributed by atoms with Gasteiger partial charge < -0.3 is 4.57 Å². The van der Waals surface area contributed by atoms with Crippen molar-refractivity contribution < 1.29 is 0 Å². The first-order valence-electron chi connectivity index (χ1n) is 6.58. The first kappa shape index (κ1) is 13.3. The van der Waals surface area contributed by atoms with Gasteiger partial charge >= 0.3 is 0 Å². The molecule has 0 aliphatic heterocycles. The number of hydrogen-bond donors (Lipinski definition) is 0. The highest BCUT2D eigenvalue weighted by atomic mass is 35.5. The van der Waals surface area contributed by atoms with E-state index in [1.807, 2.05) is 37.7 Å². The molecule has 1 atom stereocenters. The van der Waals surface area contributed by atoms with Gasteiger partial charge in [-0.15, -0.1) is 11.6 Å². The van der Waals surface area contributed by atoms with Crippen LogP contribution in [0.25, 0.3) is 11.2 Å². The summed E-state index contributed by atoms with van der Waals surface area (Å²) >= 11 is 8.24. The molecule has 5 heteroatoms. The van der Waals surface area contributed by atoms with Gasteiger partial charge in [-0.05, 0) is 45.1 Å². The van der Waals surface area contributed by atoms with Crippen LogP contribution >= 0.6 is 23.4 Å². The second-order valence-electron chi connectivity index (χ2n) is 5.35. The Kier molecular flexibility index (Phi) is 3.26. The highest BCUT2D eigenvalue weighted by Gasteiger charge is 2.43. The minimum Gasteiger partial charge on any atom is -0.310 e. The van der Waals surface area contributed by atoms with Crippen molar-refractivity contribution in [2.24, 2.45) is 0 Å². The summed E-state index contributed by atoms with van der Waals surface area (Å²) in [5, 5.41) is -0.0906. The van der Waals surface area contributed by atoms with Gasteiger partial charge in [0.25, 0.3) is 0 Å². The maximum absolute atomic E-state index is 6.29. The average Bonchev–Trinajstić information content (AvgIpc) is 3.07. The van der Waals surface area contributed by atoms with Gasteiger partial charge in [0, 0.05) is 17.0 Å². The molecular formula is C14H18ClN3S. The quantitative estimate of drug-likeness (QED) is 0.801. The summed E-state index contributed by atoms with van der Waals surface area (Å²) in [6.45, 7) is 4.96. The Morgan fingerprint density at radius 3 is 2.74 bits per heavy atom. The predicted molar refractivity (Wildman–Crippen MR) is 82.0 cm³/mol. The molecular weight excluding hydrogens is 278 g/mol. The number of alkyl halides is 1. The summed E-state index contributed by atoms with van der Waals surface area (Å²) in [6.07, 6.45) is 4.74. The van der Waals surface area contributed by atoms with E-state index in [1.54, 1.807) is 0 Å². The molecule has 1 unspecified atom stereocenters. The first-order valence-corrected chi connectivity index (χ1v) is 8.24. The molecule has 0 aromatic carbocycles.